The van der Waals surface area contributed by atoms with Gasteiger partial charge in [-0.2, -0.15) is 0 Å². The Labute approximate surface area is 147 Å². The number of hydrogen-bond donors (Lipinski definition) is 3. The zero-order valence-corrected chi connectivity index (χ0v) is 16.5. The molecule has 1 aromatic rings. The Bertz CT molecular complexity index is 521. The summed E-state index contributed by atoms with van der Waals surface area (Å²) < 4.78 is 0. The van der Waals surface area contributed by atoms with Gasteiger partial charge in [-0.1, -0.05) is 47.6 Å². The van der Waals surface area contributed by atoms with Crippen molar-refractivity contribution in [2.75, 3.05) is 13.1 Å². The Morgan fingerprint density at radius 2 is 1.54 bits per heavy atom. The summed E-state index contributed by atoms with van der Waals surface area (Å²) in [5.41, 5.74) is 11.1. The molecule has 4 nitrogen and oxygen atoms in total. The van der Waals surface area contributed by atoms with Gasteiger partial charge < -0.3 is 16.8 Å². The fourth-order valence-electron chi connectivity index (χ4n) is 2.50. The SMILES string of the molecule is CC(C)(C)c1cc(C(=O)NC[C@@H]([NH3+])CCC[NH3+])cc(C(C)(C)C)c1. The Morgan fingerprint density at radius 1 is 1.04 bits per heavy atom. The fourth-order valence-corrected chi connectivity index (χ4v) is 2.50. The number of hydrogen-bond acceptors (Lipinski definition) is 1. The number of benzene rings is 1. The highest BCUT2D eigenvalue weighted by molar-refractivity contribution is 5.94. The Balaban J connectivity index is 2.99. The molecule has 0 heterocycles. The highest BCUT2D eigenvalue weighted by atomic mass is 16.1. The first-order valence-electron chi connectivity index (χ1n) is 9.01. The standard InChI is InChI=1S/C20H35N3O/c1-19(2,3)15-10-14(11-16(12-15)20(4,5)6)18(24)23-13-17(22)8-7-9-21/h10-12,17H,7-9,13,21-22H2,1-6H3,(H,23,24)/p+2/t17-/m0/s1. The summed E-state index contributed by atoms with van der Waals surface area (Å²) in [5.74, 6) is -0.00475. The van der Waals surface area contributed by atoms with E-state index in [0.717, 1.165) is 24.9 Å². The molecular weight excluding hydrogens is 298 g/mol. The maximum atomic E-state index is 12.6. The minimum atomic E-state index is -0.00475. The molecule has 1 aromatic carbocycles. The molecule has 0 bridgehead atoms. The Hall–Kier alpha value is -1.39. The monoisotopic (exact) mass is 335 g/mol. The zero-order chi connectivity index (χ0) is 18.5. The van der Waals surface area contributed by atoms with Gasteiger partial charge in [-0.25, -0.2) is 0 Å². The van der Waals surface area contributed by atoms with Crippen LogP contribution in [-0.4, -0.2) is 25.0 Å². The van der Waals surface area contributed by atoms with E-state index >= 15 is 0 Å². The molecule has 0 aliphatic carbocycles. The van der Waals surface area contributed by atoms with Crippen LogP contribution in [0.4, 0.5) is 0 Å². The van der Waals surface area contributed by atoms with Crippen molar-refractivity contribution in [2.45, 2.75) is 71.3 Å². The average molecular weight is 336 g/mol. The predicted octanol–water partition coefficient (Wildman–Crippen LogP) is 1.64. The van der Waals surface area contributed by atoms with E-state index in [1.165, 1.54) is 11.1 Å². The van der Waals surface area contributed by atoms with Gasteiger partial charge in [0.2, 0.25) is 0 Å². The van der Waals surface area contributed by atoms with Gasteiger partial charge in [0.1, 0.15) is 6.04 Å². The van der Waals surface area contributed by atoms with Gasteiger partial charge in [-0.15, -0.1) is 0 Å². The minimum Gasteiger partial charge on any atom is -0.358 e. The second-order valence-electron chi connectivity index (χ2n) is 8.87. The summed E-state index contributed by atoms with van der Waals surface area (Å²) >= 11 is 0. The third-order valence-electron chi connectivity index (χ3n) is 4.34. The van der Waals surface area contributed by atoms with Crippen LogP contribution in [-0.2, 0) is 10.8 Å². The number of nitrogens with one attached hydrogen (secondary N) is 1. The van der Waals surface area contributed by atoms with Crippen molar-refractivity contribution in [1.29, 1.82) is 0 Å². The summed E-state index contributed by atoms with van der Waals surface area (Å²) in [6, 6.07) is 6.52. The van der Waals surface area contributed by atoms with E-state index in [-0.39, 0.29) is 22.8 Å². The van der Waals surface area contributed by atoms with Crippen molar-refractivity contribution in [3.8, 4) is 0 Å². The molecule has 0 saturated heterocycles. The Kier molecular flexibility index (Phi) is 6.99. The molecule has 0 unspecified atom stereocenters. The number of carbonyl (C=O) groups excluding carboxylic acids is 1. The van der Waals surface area contributed by atoms with E-state index in [1.807, 2.05) is 12.1 Å². The Morgan fingerprint density at radius 3 is 1.96 bits per heavy atom. The van der Waals surface area contributed by atoms with Gasteiger partial charge in [0.15, 0.2) is 0 Å². The van der Waals surface area contributed by atoms with Crippen LogP contribution in [0.25, 0.3) is 0 Å². The average Bonchev–Trinajstić information content (AvgIpc) is 2.48. The molecule has 0 fully saturated rings. The van der Waals surface area contributed by atoms with Gasteiger partial charge in [0, 0.05) is 18.4 Å². The van der Waals surface area contributed by atoms with Crippen molar-refractivity contribution >= 4 is 5.91 Å². The van der Waals surface area contributed by atoms with E-state index < -0.39 is 0 Å². The summed E-state index contributed by atoms with van der Waals surface area (Å²) in [6.45, 7) is 14.6. The predicted molar refractivity (Wildman–Crippen MR) is 99.8 cm³/mol. The van der Waals surface area contributed by atoms with Gasteiger partial charge in [0.05, 0.1) is 13.1 Å². The van der Waals surface area contributed by atoms with Crippen LogP contribution in [0.2, 0.25) is 0 Å². The van der Waals surface area contributed by atoms with Crippen LogP contribution in [0.15, 0.2) is 18.2 Å². The summed E-state index contributed by atoms with van der Waals surface area (Å²) in [6.07, 6.45) is 2.05. The summed E-state index contributed by atoms with van der Waals surface area (Å²) in [4.78, 5) is 12.6. The molecular formula is C20H37N3O+2. The zero-order valence-electron chi connectivity index (χ0n) is 16.5. The van der Waals surface area contributed by atoms with Crippen LogP contribution >= 0.6 is 0 Å². The van der Waals surface area contributed by atoms with Gasteiger partial charge in [0.25, 0.3) is 5.91 Å². The molecule has 1 rings (SSSR count). The maximum absolute atomic E-state index is 12.6. The topological polar surface area (TPSA) is 84.4 Å². The molecule has 1 amide bonds. The quantitative estimate of drug-likeness (QED) is 0.725. The van der Waals surface area contributed by atoms with E-state index in [0.29, 0.717) is 6.54 Å². The lowest BCUT2D eigenvalue weighted by molar-refractivity contribution is -0.423. The first-order valence-corrected chi connectivity index (χ1v) is 9.01. The van der Waals surface area contributed by atoms with Gasteiger partial charge >= 0.3 is 0 Å². The van der Waals surface area contributed by atoms with Crippen LogP contribution in [0.3, 0.4) is 0 Å². The molecule has 0 aromatic heterocycles. The third-order valence-corrected chi connectivity index (χ3v) is 4.34. The molecule has 24 heavy (non-hydrogen) atoms. The molecule has 7 N–H and O–H groups in total. The number of carbonyl (C=O) groups is 1. The second-order valence-corrected chi connectivity index (χ2v) is 8.87. The lowest BCUT2D eigenvalue weighted by Crippen LogP contribution is -2.65. The molecule has 136 valence electrons. The van der Waals surface area contributed by atoms with Gasteiger partial charge in [-0.3, -0.25) is 4.79 Å². The molecule has 1 atom stereocenters. The number of rotatable bonds is 6. The third kappa shape index (κ3) is 6.25. The van der Waals surface area contributed by atoms with Crippen LogP contribution in [0.1, 0.15) is 75.9 Å². The van der Waals surface area contributed by atoms with E-state index in [2.05, 4.69) is 64.4 Å². The van der Waals surface area contributed by atoms with Crippen LogP contribution < -0.4 is 16.8 Å². The van der Waals surface area contributed by atoms with E-state index in [1.54, 1.807) is 0 Å². The van der Waals surface area contributed by atoms with Crippen molar-refractivity contribution in [3.05, 3.63) is 34.9 Å². The molecule has 0 aliphatic heterocycles. The molecule has 0 saturated carbocycles. The fraction of sp³-hybridized carbons (Fsp3) is 0.650. The molecule has 4 heteroatoms. The minimum absolute atomic E-state index is 0.00475. The first kappa shape index (κ1) is 20.7. The molecule has 0 spiro atoms. The lowest BCUT2D eigenvalue weighted by Gasteiger charge is -2.26. The highest BCUT2D eigenvalue weighted by Gasteiger charge is 2.22. The number of quaternary nitrogens is 2. The first-order chi connectivity index (χ1) is 10.9. The summed E-state index contributed by atoms with van der Waals surface area (Å²) in [7, 11) is 0. The maximum Gasteiger partial charge on any atom is 0.251 e. The summed E-state index contributed by atoms with van der Waals surface area (Å²) in [5, 5.41) is 3.04. The molecule has 0 aliphatic rings. The lowest BCUT2D eigenvalue weighted by atomic mass is 9.79. The normalized spacial score (nSPS) is 13.7. The largest absolute Gasteiger partial charge is 0.358 e. The number of amides is 1. The van der Waals surface area contributed by atoms with E-state index in [4.69, 9.17) is 0 Å². The van der Waals surface area contributed by atoms with Crippen molar-refractivity contribution < 1.29 is 16.3 Å². The highest BCUT2D eigenvalue weighted by Crippen LogP contribution is 2.30. The smallest absolute Gasteiger partial charge is 0.251 e. The van der Waals surface area contributed by atoms with Crippen LogP contribution in [0, 0.1) is 0 Å². The van der Waals surface area contributed by atoms with E-state index in [9.17, 15) is 4.79 Å². The van der Waals surface area contributed by atoms with Crippen molar-refractivity contribution in [1.82, 2.24) is 5.32 Å². The second kappa shape index (κ2) is 8.13. The van der Waals surface area contributed by atoms with Crippen molar-refractivity contribution in [2.24, 2.45) is 0 Å². The molecule has 0 radical (unpaired) electrons. The van der Waals surface area contributed by atoms with Crippen LogP contribution in [0.5, 0.6) is 0 Å². The van der Waals surface area contributed by atoms with Crippen molar-refractivity contribution in [3.63, 3.8) is 0 Å². The van der Waals surface area contributed by atoms with Gasteiger partial charge in [-0.05, 0) is 34.1 Å².